The van der Waals surface area contributed by atoms with Gasteiger partial charge < -0.3 is 20.1 Å². The van der Waals surface area contributed by atoms with Gasteiger partial charge in [-0.05, 0) is 12.8 Å². The molecule has 2 N–H and O–H groups in total. The zero-order chi connectivity index (χ0) is 15.3. The lowest BCUT2D eigenvalue weighted by Gasteiger charge is -2.26. The van der Waals surface area contributed by atoms with Gasteiger partial charge in [-0.2, -0.15) is 0 Å². The molecule has 1 fully saturated rings. The van der Waals surface area contributed by atoms with Gasteiger partial charge in [0.15, 0.2) is 0 Å². The number of thioether (sulfide) groups is 1. The number of nitrogens with zero attached hydrogens (tertiary/aromatic N) is 1. The Bertz CT molecular complexity index is 309. The fourth-order valence-electron chi connectivity index (χ4n) is 2.00. The van der Waals surface area contributed by atoms with Crippen molar-refractivity contribution in [2.24, 2.45) is 0 Å². The molecule has 1 rings (SSSR count). The molecule has 0 aliphatic carbocycles. The highest BCUT2D eigenvalue weighted by molar-refractivity contribution is 8.00. The Morgan fingerprint density at radius 3 is 2.52 bits per heavy atom. The van der Waals surface area contributed by atoms with Gasteiger partial charge in [-0.15, -0.1) is 11.8 Å². The standard InChI is InChI=1S/C14H26N2O4S/c17-8-4-2-1-3-5-15-13(18)11-21-12-14(19)16-6-9-20-10-7-16/h17H,1-12H2,(H,15,18). The van der Waals surface area contributed by atoms with E-state index >= 15 is 0 Å². The molecule has 1 aliphatic rings. The lowest BCUT2D eigenvalue weighted by atomic mass is 10.2. The third kappa shape index (κ3) is 8.95. The molecular weight excluding hydrogens is 292 g/mol. The summed E-state index contributed by atoms with van der Waals surface area (Å²) < 4.78 is 5.19. The zero-order valence-corrected chi connectivity index (χ0v) is 13.3. The quantitative estimate of drug-likeness (QED) is 0.565. The fourth-order valence-corrected chi connectivity index (χ4v) is 2.75. The van der Waals surface area contributed by atoms with Crippen molar-refractivity contribution in [3.05, 3.63) is 0 Å². The second kappa shape index (κ2) is 11.8. The van der Waals surface area contributed by atoms with Crippen LogP contribution in [0.3, 0.4) is 0 Å². The number of hydrogen-bond acceptors (Lipinski definition) is 5. The summed E-state index contributed by atoms with van der Waals surface area (Å²) in [4.78, 5) is 25.2. The summed E-state index contributed by atoms with van der Waals surface area (Å²) in [5, 5.41) is 11.5. The number of amides is 2. The normalized spacial score (nSPS) is 15.0. The monoisotopic (exact) mass is 318 g/mol. The number of aliphatic hydroxyl groups excluding tert-OH is 1. The van der Waals surface area contributed by atoms with E-state index in [9.17, 15) is 9.59 Å². The summed E-state index contributed by atoms with van der Waals surface area (Å²) in [6.07, 6.45) is 3.77. The van der Waals surface area contributed by atoms with Crippen LogP contribution in [-0.4, -0.2) is 72.8 Å². The van der Waals surface area contributed by atoms with E-state index < -0.39 is 0 Å². The Hall–Kier alpha value is -0.790. The summed E-state index contributed by atoms with van der Waals surface area (Å²) in [5.41, 5.74) is 0. The maximum atomic E-state index is 11.8. The number of morpholine rings is 1. The van der Waals surface area contributed by atoms with Crippen molar-refractivity contribution in [3.63, 3.8) is 0 Å². The highest BCUT2D eigenvalue weighted by atomic mass is 32.2. The van der Waals surface area contributed by atoms with Gasteiger partial charge in [0.2, 0.25) is 11.8 Å². The van der Waals surface area contributed by atoms with E-state index in [2.05, 4.69) is 5.32 Å². The number of ether oxygens (including phenoxy) is 1. The van der Waals surface area contributed by atoms with Crippen molar-refractivity contribution in [1.29, 1.82) is 0 Å². The Labute approximate surface area is 130 Å². The molecule has 0 spiro atoms. The second-order valence-electron chi connectivity index (χ2n) is 4.97. The molecule has 0 aromatic rings. The average molecular weight is 318 g/mol. The molecule has 1 heterocycles. The molecule has 2 amide bonds. The van der Waals surface area contributed by atoms with Gasteiger partial charge in [-0.25, -0.2) is 0 Å². The Morgan fingerprint density at radius 1 is 1.10 bits per heavy atom. The summed E-state index contributed by atoms with van der Waals surface area (Å²) in [6.45, 7) is 3.42. The predicted octanol–water partition coefficient (Wildman–Crippen LogP) is 0.247. The molecule has 7 heteroatoms. The fraction of sp³-hybridized carbons (Fsp3) is 0.857. The number of hydrogen-bond donors (Lipinski definition) is 2. The van der Waals surface area contributed by atoms with E-state index in [0.29, 0.717) is 44.4 Å². The maximum Gasteiger partial charge on any atom is 0.232 e. The number of aliphatic hydroxyl groups is 1. The molecule has 0 radical (unpaired) electrons. The van der Waals surface area contributed by atoms with Gasteiger partial charge in [0.25, 0.3) is 0 Å². The lowest BCUT2D eigenvalue weighted by molar-refractivity contribution is -0.132. The number of unbranched alkanes of at least 4 members (excludes halogenated alkanes) is 3. The molecule has 1 aliphatic heterocycles. The van der Waals surface area contributed by atoms with Crippen molar-refractivity contribution >= 4 is 23.6 Å². The van der Waals surface area contributed by atoms with Crippen molar-refractivity contribution in [3.8, 4) is 0 Å². The van der Waals surface area contributed by atoms with E-state index in [1.807, 2.05) is 0 Å². The minimum atomic E-state index is -0.0167. The first-order chi connectivity index (χ1) is 10.2. The molecule has 0 aromatic heterocycles. The highest BCUT2D eigenvalue weighted by Gasteiger charge is 2.16. The largest absolute Gasteiger partial charge is 0.396 e. The Kier molecular flexibility index (Phi) is 10.3. The van der Waals surface area contributed by atoms with E-state index in [1.165, 1.54) is 11.8 Å². The second-order valence-corrected chi connectivity index (χ2v) is 5.96. The van der Waals surface area contributed by atoms with Crippen molar-refractivity contribution in [1.82, 2.24) is 10.2 Å². The van der Waals surface area contributed by atoms with Crippen molar-refractivity contribution < 1.29 is 19.4 Å². The molecule has 1 saturated heterocycles. The minimum absolute atomic E-state index is 0.0167. The van der Waals surface area contributed by atoms with Crippen molar-refractivity contribution in [2.45, 2.75) is 25.7 Å². The predicted molar refractivity (Wildman–Crippen MR) is 83.3 cm³/mol. The minimum Gasteiger partial charge on any atom is -0.396 e. The smallest absolute Gasteiger partial charge is 0.232 e. The van der Waals surface area contributed by atoms with E-state index in [1.54, 1.807) is 4.90 Å². The number of rotatable bonds is 10. The summed E-state index contributed by atoms with van der Waals surface area (Å²) >= 11 is 1.36. The zero-order valence-electron chi connectivity index (χ0n) is 12.5. The lowest BCUT2D eigenvalue weighted by Crippen LogP contribution is -2.41. The van der Waals surface area contributed by atoms with Gasteiger partial charge in [0.1, 0.15) is 0 Å². The molecule has 0 atom stereocenters. The molecular formula is C14H26N2O4S. The van der Waals surface area contributed by atoms with Gasteiger partial charge in [-0.1, -0.05) is 12.8 Å². The molecule has 21 heavy (non-hydrogen) atoms. The number of nitrogens with one attached hydrogen (secondary N) is 1. The molecule has 0 saturated carbocycles. The molecule has 0 bridgehead atoms. The average Bonchev–Trinajstić information content (AvgIpc) is 2.51. The van der Waals surface area contributed by atoms with Crippen LogP contribution in [0.2, 0.25) is 0 Å². The van der Waals surface area contributed by atoms with Gasteiger partial charge >= 0.3 is 0 Å². The number of carbonyl (C=O) groups is 2. The SMILES string of the molecule is O=C(CSCC(=O)N1CCOCC1)NCCCCCCO. The molecule has 0 unspecified atom stereocenters. The Morgan fingerprint density at radius 2 is 1.81 bits per heavy atom. The molecule has 122 valence electrons. The van der Waals surface area contributed by atoms with Gasteiger partial charge in [0.05, 0.1) is 24.7 Å². The summed E-state index contributed by atoms with van der Waals surface area (Å²) in [5.74, 6) is 0.744. The summed E-state index contributed by atoms with van der Waals surface area (Å²) in [6, 6.07) is 0. The molecule has 6 nitrogen and oxygen atoms in total. The van der Waals surface area contributed by atoms with Gasteiger partial charge in [0, 0.05) is 26.2 Å². The van der Waals surface area contributed by atoms with Crippen molar-refractivity contribution in [2.75, 3.05) is 51.0 Å². The maximum absolute atomic E-state index is 11.8. The topological polar surface area (TPSA) is 78.9 Å². The number of carbonyl (C=O) groups excluding carboxylic acids is 2. The third-order valence-corrected chi connectivity index (χ3v) is 4.15. The van der Waals surface area contributed by atoms with Crippen LogP contribution in [0.1, 0.15) is 25.7 Å². The Balaban J connectivity index is 1.96. The highest BCUT2D eigenvalue weighted by Crippen LogP contribution is 2.05. The van der Waals surface area contributed by atoms with Crippen LogP contribution in [0.5, 0.6) is 0 Å². The first-order valence-electron chi connectivity index (χ1n) is 7.55. The van der Waals surface area contributed by atoms with Crippen LogP contribution in [0, 0.1) is 0 Å². The van der Waals surface area contributed by atoms with Gasteiger partial charge in [-0.3, -0.25) is 9.59 Å². The first-order valence-corrected chi connectivity index (χ1v) is 8.70. The summed E-state index contributed by atoms with van der Waals surface area (Å²) in [7, 11) is 0. The molecule has 0 aromatic carbocycles. The first kappa shape index (κ1) is 18.3. The van der Waals surface area contributed by atoms with Crippen LogP contribution in [0.25, 0.3) is 0 Å². The van der Waals surface area contributed by atoms with Crippen LogP contribution >= 0.6 is 11.8 Å². The third-order valence-electron chi connectivity index (χ3n) is 3.23. The van der Waals surface area contributed by atoms with E-state index in [4.69, 9.17) is 9.84 Å². The van der Waals surface area contributed by atoms with Crippen LogP contribution in [-0.2, 0) is 14.3 Å². The van der Waals surface area contributed by atoms with Crippen LogP contribution in [0.15, 0.2) is 0 Å². The van der Waals surface area contributed by atoms with E-state index in [0.717, 1.165) is 25.7 Å². The van der Waals surface area contributed by atoms with Crippen LogP contribution in [0.4, 0.5) is 0 Å². The van der Waals surface area contributed by atoms with E-state index in [-0.39, 0.29) is 18.4 Å². The van der Waals surface area contributed by atoms with Crippen LogP contribution < -0.4 is 5.32 Å².